The van der Waals surface area contributed by atoms with Crippen LogP contribution >= 0.6 is 0 Å². The van der Waals surface area contributed by atoms with Crippen molar-refractivity contribution in [1.82, 2.24) is 15.2 Å². The number of benzene rings is 1. The van der Waals surface area contributed by atoms with Crippen LogP contribution in [0.2, 0.25) is 0 Å². The van der Waals surface area contributed by atoms with Crippen LogP contribution in [0.4, 0.5) is 4.79 Å². The van der Waals surface area contributed by atoms with Gasteiger partial charge in [-0.3, -0.25) is 0 Å². The number of carbonyl (C=O) groups excluding carboxylic acids is 1. The Morgan fingerprint density at radius 3 is 2.50 bits per heavy atom. The molecule has 4 rings (SSSR count). The van der Waals surface area contributed by atoms with Crippen LogP contribution in [-0.4, -0.2) is 40.6 Å². The molecular formula is C21H25N3O2. The number of urea groups is 1. The van der Waals surface area contributed by atoms with E-state index in [1.165, 1.54) is 5.56 Å². The molecule has 2 fully saturated rings. The minimum absolute atomic E-state index is 0.0738. The second-order valence-corrected chi connectivity index (χ2v) is 7.14. The number of hydrogen-bond donors (Lipinski definition) is 1. The van der Waals surface area contributed by atoms with E-state index in [0.717, 1.165) is 32.1 Å². The van der Waals surface area contributed by atoms with E-state index in [2.05, 4.69) is 27.3 Å². The summed E-state index contributed by atoms with van der Waals surface area (Å²) in [6, 6.07) is 16.6. The molecule has 1 aromatic carbocycles. The number of piperidine rings is 1. The number of rotatable bonds is 5. The summed E-state index contributed by atoms with van der Waals surface area (Å²) in [5.41, 5.74) is 1.25. The molecule has 0 radical (unpaired) electrons. The van der Waals surface area contributed by atoms with Crippen molar-refractivity contribution in [3.8, 4) is 5.88 Å². The fourth-order valence-corrected chi connectivity index (χ4v) is 4.19. The van der Waals surface area contributed by atoms with Crippen LogP contribution in [0.5, 0.6) is 5.88 Å². The van der Waals surface area contributed by atoms with Gasteiger partial charge in [0, 0.05) is 43.7 Å². The molecule has 2 bridgehead atoms. The number of nitrogens with one attached hydrogen (secondary N) is 1. The highest BCUT2D eigenvalue weighted by molar-refractivity contribution is 5.75. The van der Waals surface area contributed by atoms with Crippen LogP contribution in [0, 0.1) is 0 Å². The lowest BCUT2D eigenvalue weighted by Crippen LogP contribution is -2.53. The molecule has 0 aliphatic carbocycles. The first-order chi connectivity index (χ1) is 12.8. The van der Waals surface area contributed by atoms with Gasteiger partial charge in [-0.1, -0.05) is 36.4 Å². The number of pyridine rings is 1. The van der Waals surface area contributed by atoms with Crippen molar-refractivity contribution in [3.63, 3.8) is 0 Å². The predicted octanol–water partition coefficient (Wildman–Crippen LogP) is 3.41. The van der Waals surface area contributed by atoms with Crippen LogP contribution < -0.4 is 10.1 Å². The van der Waals surface area contributed by atoms with Gasteiger partial charge >= 0.3 is 6.03 Å². The van der Waals surface area contributed by atoms with Crippen molar-refractivity contribution in [2.45, 2.75) is 50.3 Å². The molecule has 0 saturated carbocycles. The first-order valence-electron chi connectivity index (χ1n) is 9.47. The van der Waals surface area contributed by atoms with E-state index in [4.69, 9.17) is 4.74 Å². The van der Waals surface area contributed by atoms with Crippen LogP contribution in [0.25, 0.3) is 0 Å². The number of hydrogen-bond acceptors (Lipinski definition) is 3. The molecule has 3 heterocycles. The number of carbonyl (C=O) groups is 1. The third kappa shape index (κ3) is 3.82. The standard InChI is InChI=1S/C21H25N3O2/c25-21(23-13-11-16-6-2-1-3-7-16)24-17-9-10-18(24)15-19(14-17)26-20-8-4-5-12-22-20/h1-8,12,17-19H,9-11,13-15H2,(H,23,25). The zero-order valence-electron chi connectivity index (χ0n) is 14.9. The minimum atomic E-state index is 0.0738. The molecule has 2 amide bonds. The summed E-state index contributed by atoms with van der Waals surface area (Å²) in [5, 5.41) is 3.10. The second-order valence-electron chi connectivity index (χ2n) is 7.14. The van der Waals surface area contributed by atoms with Gasteiger partial charge in [-0.15, -0.1) is 0 Å². The van der Waals surface area contributed by atoms with Crippen LogP contribution in [-0.2, 0) is 6.42 Å². The number of nitrogens with zero attached hydrogens (tertiary/aromatic N) is 2. The molecule has 0 spiro atoms. The van der Waals surface area contributed by atoms with Crippen molar-refractivity contribution in [2.75, 3.05) is 6.54 Å². The third-order valence-electron chi connectivity index (χ3n) is 5.38. The molecule has 2 aromatic rings. The van der Waals surface area contributed by atoms with Crippen molar-refractivity contribution in [1.29, 1.82) is 0 Å². The zero-order chi connectivity index (χ0) is 17.8. The highest BCUT2D eigenvalue weighted by atomic mass is 16.5. The predicted molar refractivity (Wildman–Crippen MR) is 100 cm³/mol. The summed E-state index contributed by atoms with van der Waals surface area (Å²) in [7, 11) is 0. The Kier molecular flexibility index (Phi) is 5.04. The maximum atomic E-state index is 12.7. The molecule has 5 heteroatoms. The fraction of sp³-hybridized carbons (Fsp3) is 0.429. The molecular weight excluding hydrogens is 326 g/mol. The minimum Gasteiger partial charge on any atom is -0.474 e. The normalized spacial score (nSPS) is 24.3. The third-order valence-corrected chi connectivity index (χ3v) is 5.38. The highest BCUT2D eigenvalue weighted by Crippen LogP contribution is 2.37. The van der Waals surface area contributed by atoms with Gasteiger partial charge in [0.2, 0.25) is 5.88 Å². The Morgan fingerprint density at radius 2 is 1.81 bits per heavy atom. The summed E-state index contributed by atoms with van der Waals surface area (Å²) < 4.78 is 6.03. The second kappa shape index (κ2) is 7.77. The van der Waals surface area contributed by atoms with Gasteiger partial charge in [0.15, 0.2) is 0 Å². The number of ether oxygens (including phenoxy) is 1. The van der Waals surface area contributed by atoms with Crippen molar-refractivity contribution < 1.29 is 9.53 Å². The smallest absolute Gasteiger partial charge is 0.317 e. The SMILES string of the molecule is O=C(NCCc1ccccc1)N1C2CCC1CC(Oc1ccccn1)C2. The molecule has 1 N–H and O–H groups in total. The van der Waals surface area contributed by atoms with E-state index < -0.39 is 0 Å². The van der Waals surface area contributed by atoms with Crippen molar-refractivity contribution in [2.24, 2.45) is 0 Å². The first kappa shape index (κ1) is 16.9. The van der Waals surface area contributed by atoms with Crippen LogP contribution in [0.3, 0.4) is 0 Å². The average molecular weight is 351 g/mol. The summed E-state index contributed by atoms with van der Waals surface area (Å²) in [5.74, 6) is 0.678. The van der Waals surface area contributed by atoms with E-state index >= 15 is 0 Å². The van der Waals surface area contributed by atoms with E-state index in [-0.39, 0.29) is 24.2 Å². The molecule has 2 saturated heterocycles. The highest BCUT2D eigenvalue weighted by Gasteiger charge is 2.44. The lowest BCUT2D eigenvalue weighted by atomic mass is 10.00. The Bertz CT molecular complexity index is 709. The van der Waals surface area contributed by atoms with E-state index in [1.807, 2.05) is 36.4 Å². The molecule has 5 nitrogen and oxygen atoms in total. The van der Waals surface area contributed by atoms with Crippen LogP contribution in [0.15, 0.2) is 54.7 Å². The van der Waals surface area contributed by atoms with Gasteiger partial charge in [-0.05, 0) is 30.9 Å². The van der Waals surface area contributed by atoms with E-state index in [1.54, 1.807) is 6.20 Å². The lowest BCUT2D eigenvalue weighted by Gasteiger charge is -2.38. The first-order valence-corrected chi connectivity index (χ1v) is 9.47. The van der Waals surface area contributed by atoms with Crippen LogP contribution in [0.1, 0.15) is 31.2 Å². The van der Waals surface area contributed by atoms with Crippen molar-refractivity contribution in [3.05, 3.63) is 60.3 Å². The maximum absolute atomic E-state index is 12.7. The number of aromatic nitrogens is 1. The van der Waals surface area contributed by atoms with Gasteiger partial charge < -0.3 is 15.0 Å². The Balaban J connectivity index is 1.29. The monoisotopic (exact) mass is 351 g/mol. The topological polar surface area (TPSA) is 54.5 Å². The largest absolute Gasteiger partial charge is 0.474 e. The molecule has 1 aromatic heterocycles. The molecule has 2 unspecified atom stereocenters. The fourth-order valence-electron chi connectivity index (χ4n) is 4.19. The lowest BCUT2D eigenvalue weighted by molar-refractivity contribution is 0.0662. The summed E-state index contributed by atoms with van der Waals surface area (Å²) in [6.07, 6.45) is 6.67. The van der Waals surface area contributed by atoms with E-state index in [0.29, 0.717) is 12.4 Å². The van der Waals surface area contributed by atoms with Gasteiger partial charge in [0.25, 0.3) is 0 Å². The number of fused-ring (bicyclic) bond motifs is 2. The summed E-state index contributed by atoms with van der Waals surface area (Å²) in [4.78, 5) is 19.0. The molecule has 2 aliphatic rings. The zero-order valence-corrected chi connectivity index (χ0v) is 14.9. The molecule has 2 atom stereocenters. The van der Waals surface area contributed by atoms with Gasteiger partial charge in [0.05, 0.1) is 0 Å². The quantitative estimate of drug-likeness (QED) is 0.898. The average Bonchev–Trinajstić information content (AvgIpc) is 2.94. The van der Waals surface area contributed by atoms with Gasteiger partial charge in [0.1, 0.15) is 6.10 Å². The van der Waals surface area contributed by atoms with Crippen molar-refractivity contribution >= 4 is 6.03 Å². The summed E-state index contributed by atoms with van der Waals surface area (Å²) >= 11 is 0. The number of amides is 2. The Hall–Kier alpha value is -2.56. The summed E-state index contributed by atoms with van der Waals surface area (Å²) in [6.45, 7) is 0.673. The molecule has 136 valence electrons. The van der Waals surface area contributed by atoms with Gasteiger partial charge in [-0.25, -0.2) is 9.78 Å². The Labute approximate surface area is 154 Å². The maximum Gasteiger partial charge on any atom is 0.317 e. The van der Waals surface area contributed by atoms with E-state index in [9.17, 15) is 4.79 Å². The molecule has 2 aliphatic heterocycles. The molecule has 26 heavy (non-hydrogen) atoms. The van der Waals surface area contributed by atoms with Gasteiger partial charge in [-0.2, -0.15) is 0 Å². The Morgan fingerprint density at radius 1 is 1.08 bits per heavy atom.